The summed E-state index contributed by atoms with van der Waals surface area (Å²) in [4.78, 5) is 7.33. The predicted octanol–water partition coefficient (Wildman–Crippen LogP) is 3.65. The molecular formula is C22H39IN4O3. The molecule has 172 valence electrons. The zero-order valence-electron chi connectivity index (χ0n) is 19.1. The van der Waals surface area contributed by atoms with Gasteiger partial charge in [-0.25, -0.2) is 4.99 Å². The number of nitrogens with one attached hydrogen (secondary N) is 2. The Labute approximate surface area is 199 Å². The number of benzene rings is 1. The highest BCUT2D eigenvalue weighted by molar-refractivity contribution is 14.0. The number of aliphatic imine (C=N–C) groups is 1. The molecule has 0 aliphatic carbocycles. The van der Waals surface area contributed by atoms with Crippen molar-refractivity contribution < 1.29 is 14.2 Å². The molecule has 2 N–H and O–H groups in total. The van der Waals surface area contributed by atoms with E-state index in [2.05, 4.69) is 29.4 Å². The van der Waals surface area contributed by atoms with Crippen LogP contribution in [-0.4, -0.2) is 64.4 Å². The van der Waals surface area contributed by atoms with Gasteiger partial charge in [0.25, 0.3) is 0 Å². The van der Waals surface area contributed by atoms with Gasteiger partial charge in [-0.1, -0.05) is 6.42 Å². The van der Waals surface area contributed by atoms with Crippen LogP contribution in [0.4, 0.5) is 0 Å². The quantitative estimate of drug-likeness (QED) is 0.207. The number of rotatable bonds is 10. The smallest absolute Gasteiger partial charge is 0.191 e. The topological polar surface area (TPSA) is 67.4 Å². The number of ether oxygens (including phenoxy) is 3. The minimum atomic E-state index is 0. The first kappa shape index (κ1) is 26.6. The molecule has 2 rings (SSSR count). The lowest BCUT2D eigenvalue weighted by Crippen LogP contribution is -2.41. The molecule has 1 aromatic carbocycles. The average Bonchev–Trinajstić information content (AvgIpc) is 2.75. The van der Waals surface area contributed by atoms with Crippen molar-refractivity contribution in [2.24, 2.45) is 4.99 Å². The summed E-state index contributed by atoms with van der Waals surface area (Å²) in [7, 11) is 4.90. The van der Waals surface area contributed by atoms with E-state index in [-0.39, 0.29) is 24.0 Å². The van der Waals surface area contributed by atoms with Gasteiger partial charge >= 0.3 is 0 Å². The molecule has 30 heavy (non-hydrogen) atoms. The van der Waals surface area contributed by atoms with E-state index < -0.39 is 0 Å². The average molecular weight is 534 g/mol. The number of hydrogen-bond acceptors (Lipinski definition) is 5. The van der Waals surface area contributed by atoms with Gasteiger partial charge in [-0.3, -0.25) is 0 Å². The fourth-order valence-corrected chi connectivity index (χ4v) is 3.70. The van der Waals surface area contributed by atoms with Gasteiger partial charge in [0.15, 0.2) is 17.5 Å². The molecule has 1 saturated heterocycles. The third kappa shape index (κ3) is 8.02. The summed E-state index contributed by atoms with van der Waals surface area (Å²) in [6.07, 6.45) is 5.13. The summed E-state index contributed by atoms with van der Waals surface area (Å²) in [5.74, 6) is 2.87. The number of nitrogens with zero attached hydrogens (tertiary/aromatic N) is 2. The van der Waals surface area contributed by atoms with Crippen LogP contribution < -0.4 is 24.8 Å². The molecule has 1 atom stereocenters. The summed E-state index contributed by atoms with van der Waals surface area (Å²) in [5, 5.41) is 6.77. The number of guanidine groups is 1. The lowest BCUT2D eigenvalue weighted by molar-refractivity contribution is 0.159. The maximum Gasteiger partial charge on any atom is 0.191 e. The van der Waals surface area contributed by atoms with E-state index in [9.17, 15) is 0 Å². The minimum absolute atomic E-state index is 0. The van der Waals surface area contributed by atoms with Gasteiger partial charge in [0.2, 0.25) is 0 Å². The number of likely N-dealkylation sites (tertiary alicyclic amines) is 1. The van der Waals surface area contributed by atoms with Crippen LogP contribution in [0.3, 0.4) is 0 Å². The van der Waals surface area contributed by atoms with E-state index in [1.54, 1.807) is 21.3 Å². The Bertz CT molecular complexity index is 658. The molecule has 7 nitrogen and oxygen atoms in total. The molecule has 1 heterocycles. The molecule has 0 saturated carbocycles. The molecular weight excluding hydrogens is 495 g/mol. The molecule has 1 aliphatic rings. The van der Waals surface area contributed by atoms with Crippen LogP contribution in [0.15, 0.2) is 17.1 Å². The van der Waals surface area contributed by atoms with Crippen molar-refractivity contribution in [3.05, 3.63) is 17.7 Å². The summed E-state index contributed by atoms with van der Waals surface area (Å²) in [5.41, 5.74) is 0.949. The van der Waals surface area contributed by atoms with Crippen molar-refractivity contribution in [1.82, 2.24) is 15.5 Å². The van der Waals surface area contributed by atoms with E-state index in [4.69, 9.17) is 19.2 Å². The highest BCUT2D eigenvalue weighted by Gasteiger charge is 2.17. The largest absolute Gasteiger partial charge is 0.496 e. The SMILES string of the molecule is CCNC(=NCc1cc(OC)c(OC)cc1OC)NCCCN1CCCCC1C.I. The molecule has 0 amide bonds. The molecule has 0 aromatic heterocycles. The monoisotopic (exact) mass is 534 g/mol. The minimum Gasteiger partial charge on any atom is -0.496 e. The lowest BCUT2D eigenvalue weighted by Gasteiger charge is -2.33. The molecule has 1 aromatic rings. The summed E-state index contributed by atoms with van der Waals surface area (Å²) in [6.45, 7) is 8.99. The Hall–Kier alpha value is -1.42. The number of halogens is 1. The first-order chi connectivity index (χ1) is 14.1. The number of methoxy groups -OCH3 is 3. The summed E-state index contributed by atoms with van der Waals surface area (Å²) < 4.78 is 16.3. The van der Waals surface area contributed by atoms with Crippen LogP contribution in [0.25, 0.3) is 0 Å². The Morgan fingerprint density at radius 1 is 1.07 bits per heavy atom. The second-order valence-electron chi connectivity index (χ2n) is 7.38. The van der Waals surface area contributed by atoms with Gasteiger partial charge in [-0.2, -0.15) is 0 Å². The molecule has 8 heteroatoms. The van der Waals surface area contributed by atoms with Gasteiger partial charge in [0, 0.05) is 37.3 Å². The van der Waals surface area contributed by atoms with E-state index in [0.717, 1.165) is 43.3 Å². The predicted molar refractivity (Wildman–Crippen MR) is 134 cm³/mol. The first-order valence-electron chi connectivity index (χ1n) is 10.7. The van der Waals surface area contributed by atoms with Gasteiger partial charge < -0.3 is 29.7 Å². The van der Waals surface area contributed by atoms with Crippen molar-refractivity contribution in [2.75, 3.05) is 47.5 Å². The highest BCUT2D eigenvalue weighted by atomic mass is 127. The molecule has 1 unspecified atom stereocenters. The molecule has 1 fully saturated rings. The van der Waals surface area contributed by atoms with Gasteiger partial charge in [-0.15, -0.1) is 24.0 Å². The molecule has 0 spiro atoms. The number of piperidine rings is 1. The Morgan fingerprint density at radius 2 is 1.77 bits per heavy atom. The van der Waals surface area contributed by atoms with Crippen molar-refractivity contribution in [1.29, 1.82) is 0 Å². The summed E-state index contributed by atoms with van der Waals surface area (Å²) in [6, 6.07) is 4.47. The lowest BCUT2D eigenvalue weighted by atomic mass is 10.0. The van der Waals surface area contributed by atoms with Gasteiger partial charge in [0.05, 0.1) is 27.9 Å². The van der Waals surface area contributed by atoms with Crippen molar-refractivity contribution in [2.45, 2.75) is 52.1 Å². The van der Waals surface area contributed by atoms with Crippen LogP contribution in [0.5, 0.6) is 17.2 Å². The van der Waals surface area contributed by atoms with Crippen LogP contribution in [0.2, 0.25) is 0 Å². The number of hydrogen-bond donors (Lipinski definition) is 2. The van der Waals surface area contributed by atoms with Crippen molar-refractivity contribution in [3.63, 3.8) is 0 Å². The zero-order chi connectivity index (χ0) is 21.1. The van der Waals surface area contributed by atoms with E-state index in [0.29, 0.717) is 24.1 Å². The second-order valence-corrected chi connectivity index (χ2v) is 7.38. The Morgan fingerprint density at radius 3 is 2.40 bits per heavy atom. The summed E-state index contributed by atoms with van der Waals surface area (Å²) >= 11 is 0. The van der Waals surface area contributed by atoms with E-state index in [1.807, 2.05) is 12.1 Å². The fraction of sp³-hybridized carbons (Fsp3) is 0.682. The third-order valence-electron chi connectivity index (χ3n) is 5.39. The zero-order valence-corrected chi connectivity index (χ0v) is 21.5. The Balaban J connectivity index is 0.00000450. The maximum absolute atomic E-state index is 5.50. The molecule has 1 aliphatic heterocycles. The van der Waals surface area contributed by atoms with E-state index >= 15 is 0 Å². The molecule has 0 bridgehead atoms. The molecule has 0 radical (unpaired) electrons. The van der Waals surface area contributed by atoms with Gasteiger partial charge in [0.1, 0.15) is 5.75 Å². The van der Waals surface area contributed by atoms with Crippen LogP contribution in [0.1, 0.15) is 45.1 Å². The van der Waals surface area contributed by atoms with Crippen LogP contribution >= 0.6 is 24.0 Å². The van der Waals surface area contributed by atoms with Crippen LogP contribution in [0, 0.1) is 0 Å². The standard InChI is InChI=1S/C22H38N4O3.HI/c1-6-23-22(24-11-9-13-26-12-8-7-10-17(26)2)25-16-18-14-20(28-4)21(29-5)15-19(18)27-3;/h14-15,17H,6-13,16H2,1-5H3,(H2,23,24,25);1H. The highest BCUT2D eigenvalue weighted by Crippen LogP contribution is 2.34. The second kappa shape index (κ2) is 14.6. The van der Waals surface area contributed by atoms with Gasteiger partial charge in [-0.05, 0) is 45.7 Å². The van der Waals surface area contributed by atoms with Crippen LogP contribution in [-0.2, 0) is 6.54 Å². The fourth-order valence-electron chi connectivity index (χ4n) is 3.70. The normalized spacial score (nSPS) is 17.1. The van der Waals surface area contributed by atoms with E-state index in [1.165, 1.54) is 25.8 Å². The maximum atomic E-state index is 5.50. The third-order valence-corrected chi connectivity index (χ3v) is 5.39. The van der Waals surface area contributed by atoms with Crippen molar-refractivity contribution in [3.8, 4) is 17.2 Å². The van der Waals surface area contributed by atoms with Crippen molar-refractivity contribution >= 4 is 29.9 Å². The Kier molecular flexibility index (Phi) is 12.9. The first-order valence-corrected chi connectivity index (χ1v) is 10.7.